The summed E-state index contributed by atoms with van der Waals surface area (Å²) in [6, 6.07) is 3.51. The Balaban J connectivity index is 1.40. The second-order valence-electron chi connectivity index (χ2n) is 10.2. The summed E-state index contributed by atoms with van der Waals surface area (Å²) in [5.74, 6) is -5.00. The maximum absolute atomic E-state index is 13.7. The highest BCUT2D eigenvalue weighted by molar-refractivity contribution is 6.31. The molecule has 1 unspecified atom stereocenters. The lowest BCUT2D eigenvalue weighted by Crippen LogP contribution is -2.61. The van der Waals surface area contributed by atoms with E-state index in [1.54, 1.807) is 31.5 Å². The molecule has 2 heterocycles. The quantitative estimate of drug-likeness (QED) is 0.415. The van der Waals surface area contributed by atoms with Crippen LogP contribution in [-0.2, 0) is 14.4 Å². The normalized spacial score (nSPS) is 20.5. The average Bonchev–Trinajstić information content (AvgIpc) is 3.35. The van der Waals surface area contributed by atoms with Crippen LogP contribution in [0.15, 0.2) is 60.1 Å². The van der Waals surface area contributed by atoms with E-state index < -0.39 is 61.5 Å². The zero-order valence-corrected chi connectivity index (χ0v) is 23.8. The Morgan fingerprint density at radius 2 is 1.95 bits per heavy atom. The SMILES string of the molecule is CN/C=C1/C=C(NC(=O)C(CC2CC(F)(F)C2)N2CC(=O)N(c3cc(Cl)ccc3-n3cc(Cl)nn3)CC2=O)C=CC1=N. The van der Waals surface area contributed by atoms with E-state index in [-0.39, 0.29) is 23.0 Å². The van der Waals surface area contributed by atoms with Gasteiger partial charge < -0.3 is 20.9 Å². The van der Waals surface area contributed by atoms with E-state index in [0.29, 0.717) is 22.0 Å². The molecule has 1 aliphatic heterocycles. The maximum atomic E-state index is 13.7. The van der Waals surface area contributed by atoms with Crippen LogP contribution in [0.1, 0.15) is 19.3 Å². The van der Waals surface area contributed by atoms with Crippen molar-refractivity contribution in [2.75, 3.05) is 25.0 Å². The molecule has 11 nitrogen and oxygen atoms in total. The third-order valence-corrected chi connectivity index (χ3v) is 7.60. The first-order valence-corrected chi connectivity index (χ1v) is 13.7. The minimum atomic E-state index is -2.82. The molecule has 0 bridgehead atoms. The molecule has 42 heavy (non-hydrogen) atoms. The minimum Gasteiger partial charge on any atom is -0.393 e. The maximum Gasteiger partial charge on any atom is 0.248 e. The largest absolute Gasteiger partial charge is 0.393 e. The van der Waals surface area contributed by atoms with Crippen molar-refractivity contribution in [2.24, 2.45) is 5.92 Å². The molecule has 1 atom stereocenters. The second kappa shape index (κ2) is 11.6. The number of allylic oxidation sites excluding steroid dienone is 4. The van der Waals surface area contributed by atoms with Crippen molar-refractivity contribution in [3.8, 4) is 5.69 Å². The highest BCUT2D eigenvalue weighted by Gasteiger charge is 2.48. The highest BCUT2D eigenvalue weighted by atomic mass is 35.5. The van der Waals surface area contributed by atoms with Gasteiger partial charge in [-0.1, -0.05) is 28.4 Å². The number of piperazine rings is 1. The molecule has 0 spiro atoms. The fourth-order valence-electron chi connectivity index (χ4n) is 5.19. The molecule has 1 aromatic heterocycles. The van der Waals surface area contributed by atoms with Crippen molar-refractivity contribution in [2.45, 2.75) is 31.2 Å². The molecule has 0 radical (unpaired) electrons. The Morgan fingerprint density at radius 3 is 2.62 bits per heavy atom. The number of aromatic nitrogens is 3. The molecule has 1 saturated heterocycles. The van der Waals surface area contributed by atoms with Crippen molar-refractivity contribution in [1.29, 1.82) is 5.41 Å². The molecule has 3 aliphatic rings. The first kappa shape index (κ1) is 29.4. The van der Waals surface area contributed by atoms with Gasteiger partial charge in [0.2, 0.25) is 23.6 Å². The van der Waals surface area contributed by atoms with Crippen LogP contribution in [0.2, 0.25) is 10.2 Å². The lowest BCUT2D eigenvalue weighted by Gasteiger charge is -2.42. The molecular formula is C27H26Cl2F2N8O3. The second-order valence-corrected chi connectivity index (χ2v) is 11.1. The number of hydrogen-bond acceptors (Lipinski definition) is 7. The van der Waals surface area contributed by atoms with Crippen molar-refractivity contribution in [3.05, 3.63) is 70.3 Å². The van der Waals surface area contributed by atoms with Crippen molar-refractivity contribution >= 4 is 52.3 Å². The number of amides is 3. The van der Waals surface area contributed by atoms with Crippen LogP contribution in [0.4, 0.5) is 14.5 Å². The summed E-state index contributed by atoms with van der Waals surface area (Å²) in [5.41, 5.74) is 1.77. The zero-order valence-electron chi connectivity index (χ0n) is 22.3. The third-order valence-electron chi connectivity index (χ3n) is 7.19. The summed E-state index contributed by atoms with van der Waals surface area (Å²) in [6.45, 7) is -0.886. The molecule has 3 amide bonds. The standard InChI is InChI=1S/C27H26Cl2F2N8O3/c1-33-11-16-7-18(3-4-19(16)32)34-26(42)22(6-15-9-27(30,31)10-15)38-14-24(40)37(13-25(38)41)21-8-17(28)2-5-20(21)39-12-23(29)35-36-39/h2-5,7-8,11-12,15,22,32-33H,6,9-10,13-14H2,1H3,(H,34,42)/b16-11-,32-19?. The number of carbonyl (C=O) groups excluding carboxylic acids is 3. The third kappa shape index (κ3) is 6.21. The number of nitrogens with zero attached hydrogens (tertiary/aromatic N) is 5. The number of rotatable bonds is 8. The minimum absolute atomic E-state index is 0.0354. The molecule has 1 aromatic carbocycles. The van der Waals surface area contributed by atoms with Gasteiger partial charge in [0.05, 0.1) is 23.3 Å². The Labute approximate surface area is 249 Å². The van der Waals surface area contributed by atoms with Crippen LogP contribution in [0.25, 0.3) is 5.69 Å². The number of anilines is 1. The Bertz CT molecular complexity index is 1550. The fourth-order valence-corrected chi connectivity index (χ4v) is 5.48. The van der Waals surface area contributed by atoms with Crippen molar-refractivity contribution in [1.82, 2.24) is 30.5 Å². The van der Waals surface area contributed by atoms with Crippen molar-refractivity contribution < 1.29 is 23.2 Å². The molecule has 1 saturated carbocycles. The number of alkyl halides is 2. The molecular weight excluding hydrogens is 593 g/mol. The summed E-state index contributed by atoms with van der Waals surface area (Å²) in [6.07, 6.45) is 6.78. The topological polar surface area (TPSA) is 136 Å². The van der Waals surface area contributed by atoms with Gasteiger partial charge in [-0.05, 0) is 48.8 Å². The van der Waals surface area contributed by atoms with E-state index in [1.165, 1.54) is 34.0 Å². The molecule has 220 valence electrons. The number of hydrogen-bond donors (Lipinski definition) is 3. The zero-order chi connectivity index (χ0) is 30.2. The van der Waals surface area contributed by atoms with Crippen LogP contribution < -0.4 is 15.5 Å². The van der Waals surface area contributed by atoms with Gasteiger partial charge in [-0.25, -0.2) is 13.5 Å². The predicted octanol–water partition coefficient (Wildman–Crippen LogP) is 3.25. The van der Waals surface area contributed by atoms with E-state index in [0.717, 1.165) is 4.90 Å². The number of nitrogens with one attached hydrogen (secondary N) is 3. The van der Waals surface area contributed by atoms with Gasteiger partial charge in [0.15, 0.2) is 5.15 Å². The number of carbonyl (C=O) groups is 3. The Hall–Kier alpha value is -4.10. The summed E-state index contributed by atoms with van der Waals surface area (Å²) in [5, 5.41) is 21.7. The van der Waals surface area contributed by atoms with E-state index >= 15 is 0 Å². The first-order valence-electron chi connectivity index (χ1n) is 13.0. The van der Waals surface area contributed by atoms with Crippen LogP contribution in [-0.4, -0.2) is 75.4 Å². The summed E-state index contributed by atoms with van der Waals surface area (Å²) in [4.78, 5) is 43.0. The van der Waals surface area contributed by atoms with Gasteiger partial charge in [0.25, 0.3) is 0 Å². The van der Waals surface area contributed by atoms with Gasteiger partial charge in [-0.15, -0.1) is 5.10 Å². The molecule has 2 fully saturated rings. The molecule has 2 aliphatic carbocycles. The van der Waals surface area contributed by atoms with Crippen LogP contribution in [0.3, 0.4) is 0 Å². The summed E-state index contributed by atoms with van der Waals surface area (Å²) in [7, 11) is 1.67. The monoisotopic (exact) mass is 618 g/mol. The predicted molar refractivity (Wildman–Crippen MR) is 152 cm³/mol. The molecule has 5 rings (SSSR count). The van der Waals surface area contributed by atoms with Gasteiger partial charge in [-0.3, -0.25) is 19.3 Å². The van der Waals surface area contributed by atoms with E-state index in [2.05, 4.69) is 20.9 Å². The van der Waals surface area contributed by atoms with Crippen LogP contribution in [0, 0.1) is 11.3 Å². The molecule has 2 aromatic rings. The molecule has 3 N–H and O–H groups in total. The lowest BCUT2D eigenvalue weighted by molar-refractivity contribution is -0.149. The average molecular weight is 619 g/mol. The van der Waals surface area contributed by atoms with Gasteiger partial charge in [0, 0.05) is 42.4 Å². The van der Waals surface area contributed by atoms with E-state index in [1.807, 2.05) is 0 Å². The number of benzene rings is 1. The summed E-state index contributed by atoms with van der Waals surface area (Å²) < 4.78 is 28.7. The van der Waals surface area contributed by atoms with E-state index in [9.17, 15) is 23.2 Å². The fraction of sp³-hybridized carbons (Fsp3) is 0.333. The van der Waals surface area contributed by atoms with Crippen LogP contribution in [0.5, 0.6) is 0 Å². The lowest BCUT2D eigenvalue weighted by atomic mass is 9.77. The van der Waals surface area contributed by atoms with Gasteiger partial charge in [-0.2, -0.15) is 0 Å². The first-order chi connectivity index (χ1) is 19.9. The molecule has 15 heteroatoms. The smallest absolute Gasteiger partial charge is 0.248 e. The number of halogens is 4. The van der Waals surface area contributed by atoms with Gasteiger partial charge >= 0.3 is 0 Å². The van der Waals surface area contributed by atoms with E-state index in [4.69, 9.17) is 28.6 Å². The Morgan fingerprint density at radius 1 is 1.19 bits per heavy atom. The van der Waals surface area contributed by atoms with Gasteiger partial charge in [0.1, 0.15) is 19.1 Å². The summed E-state index contributed by atoms with van der Waals surface area (Å²) >= 11 is 12.1. The van der Waals surface area contributed by atoms with Crippen LogP contribution >= 0.6 is 23.2 Å². The van der Waals surface area contributed by atoms with Crippen molar-refractivity contribution in [3.63, 3.8) is 0 Å². The highest BCUT2D eigenvalue weighted by Crippen LogP contribution is 2.45. The Kier molecular flexibility index (Phi) is 8.15.